The van der Waals surface area contributed by atoms with Gasteiger partial charge in [-0.25, -0.2) is 8.78 Å². The smallest absolute Gasteiger partial charge is 0.163 e. The van der Waals surface area contributed by atoms with Crippen LogP contribution >= 0.6 is 12.4 Å². The van der Waals surface area contributed by atoms with Gasteiger partial charge in [-0.05, 0) is 17.9 Å². The summed E-state index contributed by atoms with van der Waals surface area (Å²) in [7, 11) is 0. The van der Waals surface area contributed by atoms with Gasteiger partial charge in [-0.1, -0.05) is 32.9 Å². The van der Waals surface area contributed by atoms with E-state index < -0.39 is 17.7 Å². The van der Waals surface area contributed by atoms with E-state index in [1.54, 1.807) is 12.1 Å². The van der Waals surface area contributed by atoms with Gasteiger partial charge in [-0.3, -0.25) is 0 Å². The molecule has 0 aliphatic carbocycles. The topological polar surface area (TPSA) is 26.0 Å². The van der Waals surface area contributed by atoms with Crippen molar-refractivity contribution in [2.75, 3.05) is 0 Å². The van der Waals surface area contributed by atoms with Crippen LogP contribution in [0.2, 0.25) is 0 Å². The molecule has 0 saturated heterocycles. The summed E-state index contributed by atoms with van der Waals surface area (Å²) >= 11 is 0. The fraction of sp³-hybridized carbons (Fsp3) is 0.500. The predicted molar refractivity (Wildman–Crippen MR) is 64.7 cm³/mol. The van der Waals surface area contributed by atoms with Crippen LogP contribution in [0.1, 0.15) is 37.9 Å². The van der Waals surface area contributed by atoms with Crippen LogP contribution in [0.4, 0.5) is 8.78 Å². The normalized spacial score (nSPS) is 13.2. The van der Waals surface area contributed by atoms with E-state index in [0.717, 1.165) is 0 Å². The number of hydrogen-bond donors (Lipinski definition) is 1. The van der Waals surface area contributed by atoms with Crippen LogP contribution in [-0.4, -0.2) is 0 Å². The van der Waals surface area contributed by atoms with Gasteiger partial charge >= 0.3 is 0 Å². The quantitative estimate of drug-likeness (QED) is 0.806. The molecule has 1 aromatic carbocycles. The monoisotopic (exact) mass is 249 g/mol. The zero-order chi connectivity index (χ0) is 11.8. The van der Waals surface area contributed by atoms with Gasteiger partial charge in [-0.15, -0.1) is 12.4 Å². The van der Waals surface area contributed by atoms with E-state index in [2.05, 4.69) is 0 Å². The van der Waals surface area contributed by atoms with E-state index in [1.165, 1.54) is 6.92 Å². The summed E-state index contributed by atoms with van der Waals surface area (Å²) in [6.45, 7) is 7.23. The molecule has 0 aromatic heterocycles. The van der Waals surface area contributed by atoms with E-state index in [-0.39, 0.29) is 23.4 Å². The maximum Gasteiger partial charge on any atom is 0.163 e. The first-order valence-corrected chi connectivity index (χ1v) is 4.95. The molecule has 0 bridgehead atoms. The molecule has 1 nitrogen and oxygen atoms in total. The SMILES string of the molecule is Cc1ccc([C@H](N)C(C)(C)C)c(F)c1F.Cl. The Morgan fingerprint density at radius 1 is 1.12 bits per heavy atom. The Hall–Kier alpha value is -0.670. The Kier molecular flexibility index (Phi) is 4.89. The standard InChI is InChI=1S/C12H17F2N.ClH/c1-7-5-6-8(10(14)9(7)13)11(15)12(2,3)4;/h5-6,11H,15H2,1-4H3;1H/t11-;/m0./s1. The van der Waals surface area contributed by atoms with Gasteiger partial charge in [0, 0.05) is 11.6 Å². The van der Waals surface area contributed by atoms with Crippen LogP contribution in [0.3, 0.4) is 0 Å². The summed E-state index contributed by atoms with van der Waals surface area (Å²) in [6, 6.07) is 2.61. The average Bonchev–Trinajstić information content (AvgIpc) is 2.12. The zero-order valence-electron chi connectivity index (χ0n) is 9.97. The average molecular weight is 250 g/mol. The van der Waals surface area contributed by atoms with Gasteiger partial charge < -0.3 is 5.73 Å². The molecule has 0 fully saturated rings. The molecule has 0 aliphatic rings. The number of rotatable bonds is 1. The molecule has 1 aromatic rings. The highest BCUT2D eigenvalue weighted by Crippen LogP contribution is 2.32. The predicted octanol–water partition coefficient (Wildman–Crippen LogP) is 3.74. The van der Waals surface area contributed by atoms with Crippen LogP contribution in [0.15, 0.2) is 12.1 Å². The molecule has 16 heavy (non-hydrogen) atoms. The molecule has 92 valence electrons. The third-order valence-corrected chi connectivity index (χ3v) is 2.57. The Labute approximate surface area is 101 Å². The van der Waals surface area contributed by atoms with Crippen LogP contribution in [0.25, 0.3) is 0 Å². The lowest BCUT2D eigenvalue weighted by atomic mass is 9.82. The van der Waals surface area contributed by atoms with Crippen LogP contribution in [0, 0.1) is 24.0 Å². The third-order valence-electron chi connectivity index (χ3n) is 2.57. The van der Waals surface area contributed by atoms with Gasteiger partial charge in [0.05, 0.1) is 0 Å². The third kappa shape index (κ3) is 2.92. The molecule has 0 spiro atoms. The molecule has 2 N–H and O–H groups in total. The molecule has 0 saturated carbocycles. The molecule has 0 heterocycles. The fourth-order valence-electron chi connectivity index (χ4n) is 1.37. The molecule has 4 heteroatoms. The molecule has 1 rings (SSSR count). The summed E-state index contributed by atoms with van der Waals surface area (Å²) in [5.74, 6) is -1.62. The van der Waals surface area contributed by atoms with Crippen molar-refractivity contribution in [1.29, 1.82) is 0 Å². The van der Waals surface area contributed by atoms with Crippen molar-refractivity contribution in [3.05, 3.63) is 34.9 Å². The Morgan fingerprint density at radius 3 is 2.06 bits per heavy atom. The molecule has 0 aliphatic heterocycles. The lowest BCUT2D eigenvalue weighted by Crippen LogP contribution is -2.27. The van der Waals surface area contributed by atoms with Gasteiger partial charge in [0.15, 0.2) is 11.6 Å². The number of aryl methyl sites for hydroxylation is 1. The summed E-state index contributed by atoms with van der Waals surface area (Å²) < 4.78 is 26.9. The number of hydrogen-bond acceptors (Lipinski definition) is 1. The Balaban J connectivity index is 0.00000225. The van der Waals surface area contributed by atoms with Crippen molar-refractivity contribution in [1.82, 2.24) is 0 Å². The van der Waals surface area contributed by atoms with E-state index in [9.17, 15) is 8.78 Å². The summed E-state index contributed by atoms with van der Waals surface area (Å²) in [5.41, 5.74) is 6.14. The van der Waals surface area contributed by atoms with Crippen molar-refractivity contribution < 1.29 is 8.78 Å². The van der Waals surface area contributed by atoms with Gasteiger partial charge in [0.25, 0.3) is 0 Å². The minimum Gasteiger partial charge on any atom is -0.323 e. The molecule has 0 radical (unpaired) electrons. The van der Waals surface area contributed by atoms with Gasteiger partial charge in [0.2, 0.25) is 0 Å². The van der Waals surface area contributed by atoms with E-state index in [1.807, 2.05) is 20.8 Å². The first kappa shape index (κ1) is 15.3. The summed E-state index contributed by atoms with van der Waals surface area (Å²) in [5, 5.41) is 0. The second-order valence-corrected chi connectivity index (χ2v) is 4.94. The van der Waals surface area contributed by atoms with Crippen molar-refractivity contribution in [3.63, 3.8) is 0 Å². The summed E-state index contributed by atoms with van der Waals surface area (Å²) in [6.07, 6.45) is 0. The molecule has 0 amide bonds. The Bertz CT molecular complexity index is 372. The van der Waals surface area contributed by atoms with Gasteiger partial charge in [-0.2, -0.15) is 0 Å². The molecular formula is C12H18ClF2N. The number of halogens is 3. The summed E-state index contributed by atoms with van der Waals surface area (Å²) in [4.78, 5) is 0. The van der Waals surface area contributed by atoms with Crippen molar-refractivity contribution >= 4 is 12.4 Å². The first-order chi connectivity index (χ1) is 6.75. The second kappa shape index (κ2) is 5.11. The van der Waals surface area contributed by atoms with E-state index in [0.29, 0.717) is 5.56 Å². The maximum atomic E-state index is 13.6. The molecule has 1 atom stereocenters. The molecule has 0 unspecified atom stereocenters. The van der Waals surface area contributed by atoms with Crippen LogP contribution < -0.4 is 5.73 Å². The van der Waals surface area contributed by atoms with Crippen molar-refractivity contribution in [2.24, 2.45) is 11.1 Å². The minimum absolute atomic E-state index is 0. The van der Waals surface area contributed by atoms with Crippen LogP contribution in [0.5, 0.6) is 0 Å². The molecular weight excluding hydrogens is 232 g/mol. The Morgan fingerprint density at radius 2 is 1.62 bits per heavy atom. The lowest BCUT2D eigenvalue weighted by molar-refractivity contribution is 0.315. The minimum atomic E-state index is -0.822. The van der Waals surface area contributed by atoms with Crippen LogP contribution in [-0.2, 0) is 0 Å². The zero-order valence-corrected chi connectivity index (χ0v) is 10.8. The first-order valence-electron chi connectivity index (χ1n) is 4.95. The number of nitrogens with two attached hydrogens (primary N) is 1. The second-order valence-electron chi connectivity index (χ2n) is 4.94. The largest absolute Gasteiger partial charge is 0.323 e. The van der Waals surface area contributed by atoms with Crippen molar-refractivity contribution in [3.8, 4) is 0 Å². The highest BCUT2D eigenvalue weighted by Gasteiger charge is 2.26. The highest BCUT2D eigenvalue weighted by atomic mass is 35.5. The fourth-order valence-corrected chi connectivity index (χ4v) is 1.37. The lowest BCUT2D eigenvalue weighted by Gasteiger charge is -2.27. The van der Waals surface area contributed by atoms with Gasteiger partial charge in [0.1, 0.15) is 0 Å². The van der Waals surface area contributed by atoms with E-state index in [4.69, 9.17) is 5.73 Å². The maximum absolute atomic E-state index is 13.6. The highest BCUT2D eigenvalue weighted by molar-refractivity contribution is 5.85. The van der Waals surface area contributed by atoms with Crippen molar-refractivity contribution in [2.45, 2.75) is 33.7 Å². The van der Waals surface area contributed by atoms with E-state index >= 15 is 0 Å². The number of benzene rings is 1.